The Kier molecular flexibility index (Phi) is 5.42. The van der Waals surface area contributed by atoms with E-state index >= 15 is 0 Å². The zero-order valence-electron chi connectivity index (χ0n) is 14.0. The van der Waals surface area contributed by atoms with Crippen molar-refractivity contribution in [3.05, 3.63) is 35.4 Å². The summed E-state index contributed by atoms with van der Waals surface area (Å²) in [6, 6.07) is 7.97. The van der Waals surface area contributed by atoms with Crippen LogP contribution in [0.1, 0.15) is 50.3 Å². The molecule has 2 atom stereocenters. The SMILES string of the molecule is Cc1ccc(C2OCCCC2NC(=O)CC(C)(C)C(=O)O)cc1. The minimum absolute atomic E-state index is 0.0422. The molecule has 0 bridgehead atoms. The van der Waals surface area contributed by atoms with E-state index < -0.39 is 11.4 Å². The number of hydrogen-bond donors (Lipinski definition) is 2. The number of hydrogen-bond acceptors (Lipinski definition) is 3. The van der Waals surface area contributed by atoms with Gasteiger partial charge in [0, 0.05) is 13.0 Å². The van der Waals surface area contributed by atoms with E-state index in [9.17, 15) is 9.59 Å². The molecule has 23 heavy (non-hydrogen) atoms. The van der Waals surface area contributed by atoms with Gasteiger partial charge in [0.05, 0.1) is 11.5 Å². The summed E-state index contributed by atoms with van der Waals surface area (Å²) in [5, 5.41) is 12.1. The summed E-state index contributed by atoms with van der Waals surface area (Å²) >= 11 is 0. The zero-order valence-corrected chi connectivity index (χ0v) is 14.0. The number of carboxylic acids is 1. The standard InChI is InChI=1S/C18H25NO4/c1-12-6-8-13(9-7-12)16-14(5-4-10-23-16)19-15(20)11-18(2,3)17(21)22/h6-9,14,16H,4-5,10-11H2,1-3H3,(H,19,20)(H,21,22). The lowest BCUT2D eigenvalue weighted by atomic mass is 9.88. The van der Waals surface area contributed by atoms with Crippen LogP contribution in [0.15, 0.2) is 24.3 Å². The summed E-state index contributed by atoms with van der Waals surface area (Å²) < 4.78 is 5.86. The second-order valence-electron chi connectivity index (χ2n) is 6.88. The van der Waals surface area contributed by atoms with Crippen molar-refractivity contribution < 1.29 is 19.4 Å². The van der Waals surface area contributed by atoms with Crippen LogP contribution in [0.4, 0.5) is 0 Å². The summed E-state index contributed by atoms with van der Waals surface area (Å²) in [5.41, 5.74) is 1.14. The first-order valence-electron chi connectivity index (χ1n) is 8.00. The van der Waals surface area contributed by atoms with Crippen molar-refractivity contribution >= 4 is 11.9 Å². The lowest BCUT2D eigenvalue weighted by Gasteiger charge is -2.33. The molecule has 126 valence electrons. The number of aryl methyl sites for hydroxylation is 1. The predicted octanol–water partition coefficient (Wildman–Crippen LogP) is 2.83. The highest BCUT2D eigenvalue weighted by Gasteiger charge is 2.33. The van der Waals surface area contributed by atoms with E-state index in [0.29, 0.717) is 6.61 Å². The van der Waals surface area contributed by atoms with Gasteiger partial charge in [0.15, 0.2) is 0 Å². The fourth-order valence-corrected chi connectivity index (χ4v) is 2.75. The molecule has 1 aromatic rings. The predicted molar refractivity (Wildman–Crippen MR) is 87.1 cm³/mol. The molecule has 1 saturated heterocycles. The Morgan fingerprint density at radius 2 is 1.96 bits per heavy atom. The minimum Gasteiger partial charge on any atom is -0.481 e. The van der Waals surface area contributed by atoms with Crippen molar-refractivity contribution in [3.63, 3.8) is 0 Å². The molecule has 0 aromatic heterocycles. The summed E-state index contributed by atoms with van der Waals surface area (Å²) in [6.07, 6.45) is 1.49. The van der Waals surface area contributed by atoms with Gasteiger partial charge in [-0.1, -0.05) is 29.8 Å². The largest absolute Gasteiger partial charge is 0.481 e. The van der Waals surface area contributed by atoms with Crippen molar-refractivity contribution in [2.45, 2.75) is 52.2 Å². The monoisotopic (exact) mass is 319 g/mol. The summed E-state index contributed by atoms with van der Waals surface area (Å²) in [5.74, 6) is -1.22. The molecular formula is C18H25NO4. The van der Waals surface area contributed by atoms with Crippen LogP contribution in [0.2, 0.25) is 0 Å². The Labute approximate surface area is 137 Å². The maximum absolute atomic E-state index is 12.2. The van der Waals surface area contributed by atoms with Crippen LogP contribution in [-0.4, -0.2) is 29.6 Å². The number of nitrogens with one attached hydrogen (secondary N) is 1. The summed E-state index contributed by atoms with van der Waals surface area (Å²) in [6.45, 7) is 5.82. The van der Waals surface area contributed by atoms with Gasteiger partial charge in [0.25, 0.3) is 0 Å². The van der Waals surface area contributed by atoms with Crippen LogP contribution >= 0.6 is 0 Å². The molecule has 1 heterocycles. The Bertz CT molecular complexity index is 565. The molecule has 5 heteroatoms. The number of benzene rings is 1. The van der Waals surface area contributed by atoms with Crippen molar-refractivity contribution in [1.29, 1.82) is 0 Å². The fraction of sp³-hybridized carbons (Fsp3) is 0.556. The van der Waals surface area contributed by atoms with Gasteiger partial charge >= 0.3 is 5.97 Å². The highest BCUT2D eigenvalue weighted by Crippen LogP contribution is 2.29. The molecule has 1 aliphatic rings. The van der Waals surface area contributed by atoms with E-state index in [1.807, 2.05) is 31.2 Å². The fourth-order valence-electron chi connectivity index (χ4n) is 2.75. The van der Waals surface area contributed by atoms with Crippen molar-refractivity contribution in [3.8, 4) is 0 Å². The normalized spacial score (nSPS) is 21.7. The lowest BCUT2D eigenvalue weighted by molar-refractivity contribution is -0.150. The van der Waals surface area contributed by atoms with E-state index in [1.165, 1.54) is 5.56 Å². The van der Waals surface area contributed by atoms with Crippen LogP contribution in [0.3, 0.4) is 0 Å². The van der Waals surface area contributed by atoms with Crippen LogP contribution in [0, 0.1) is 12.3 Å². The number of aliphatic carboxylic acids is 1. The molecule has 1 amide bonds. The van der Waals surface area contributed by atoms with Crippen molar-refractivity contribution in [2.75, 3.05) is 6.61 Å². The number of ether oxygens (including phenoxy) is 1. The number of rotatable bonds is 5. The lowest BCUT2D eigenvalue weighted by Crippen LogP contribution is -2.44. The molecule has 1 aliphatic heterocycles. The topological polar surface area (TPSA) is 75.6 Å². The van der Waals surface area contributed by atoms with Gasteiger partial charge in [-0.25, -0.2) is 0 Å². The van der Waals surface area contributed by atoms with E-state index in [2.05, 4.69) is 5.32 Å². The van der Waals surface area contributed by atoms with E-state index in [-0.39, 0.29) is 24.5 Å². The number of carboxylic acid groups (broad SMARTS) is 1. The smallest absolute Gasteiger partial charge is 0.309 e. The highest BCUT2D eigenvalue weighted by molar-refractivity contribution is 5.84. The quantitative estimate of drug-likeness (QED) is 0.875. The molecule has 0 spiro atoms. The van der Waals surface area contributed by atoms with Gasteiger partial charge in [0.1, 0.15) is 6.10 Å². The van der Waals surface area contributed by atoms with Crippen LogP contribution in [-0.2, 0) is 14.3 Å². The van der Waals surface area contributed by atoms with E-state index in [4.69, 9.17) is 9.84 Å². The maximum Gasteiger partial charge on any atom is 0.309 e. The van der Waals surface area contributed by atoms with Crippen molar-refractivity contribution in [1.82, 2.24) is 5.32 Å². The summed E-state index contributed by atoms with van der Waals surface area (Å²) in [7, 11) is 0. The van der Waals surface area contributed by atoms with Gasteiger partial charge in [-0.3, -0.25) is 9.59 Å². The average Bonchev–Trinajstić information content (AvgIpc) is 2.48. The van der Waals surface area contributed by atoms with Crippen LogP contribution in [0.5, 0.6) is 0 Å². The molecule has 2 rings (SSSR count). The number of carbonyl (C=O) groups excluding carboxylic acids is 1. The van der Waals surface area contributed by atoms with Gasteiger partial charge in [-0.2, -0.15) is 0 Å². The van der Waals surface area contributed by atoms with E-state index in [0.717, 1.165) is 18.4 Å². The Morgan fingerprint density at radius 3 is 2.57 bits per heavy atom. The number of carbonyl (C=O) groups is 2. The molecule has 0 radical (unpaired) electrons. The third-order valence-electron chi connectivity index (χ3n) is 4.26. The molecule has 2 N–H and O–H groups in total. The third-order valence-corrected chi connectivity index (χ3v) is 4.26. The molecule has 5 nitrogen and oxygen atoms in total. The molecule has 2 unspecified atom stereocenters. The second kappa shape index (κ2) is 7.13. The Hall–Kier alpha value is -1.88. The third kappa shape index (κ3) is 4.55. The summed E-state index contributed by atoms with van der Waals surface area (Å²) in [4.78, 5) is 23.4. The highest BCUT2D eigenvalue weighted by atomic mass is 16.5. The first kappa shape index (κ1) is 17.5. The van der Waals surface area contributed by atoms with Gasteiger partial charge in [-0.15, -0.1) is 0 Å². The molecule has 0 aliphatic carbocycles. The Morgan fingerprint density at radius 1 is 1.30 bits per heavy atom. The van der Waals surface area contributed by atoms with Crippen LogP contribution < -0.4 is 5.32 Å². The molecule has 1 aromatic carbocycles. The molecule has 1 fully saturated rings. The minimum atomic E-state index is -1.07. The van der Waals surface area contributed by atoms with Crippen molar-refractivity contribution in [2.24, 2.45) is 5.41 Å². The average molecular weight is 319 g/mol. The maximum atomic E-state index is 12.2. The number of amides is 1. The second-order valence-corrected chi connectivity index (χ2v) is 6.88. The van der Waals surface area contributed by atoms with Crippen LogP contribution in [0.25, 0.3) is 0 Å². The Balaban J connectivity index is 2.05. The van der Waals surface area contributed by atoms with Gasteiger partial charge < -0.3 is 15.2 Å². The zero-order chi connectivity index (χ0) is 17.0. The first-order chi connectivity index (χ1) is 10.8. The van der Waals surface area contributed by atoms with E-state index in [1.54, 1.807) is 13.8 Å². The van der Waals surface area contributed by atoms with Gasteiger partial charge in [0.2, 0.25) is 5.91 Å². The first-order valence-corrected chi connectivity index (χ1v) is 8.00. The molecule has 0 saturated carbocycles. The molecular weight excluding hydrogens is 294 g/mol. The van der Waals surface area contributed by atoms with Gasteiger partial charge in [-0.05, 0) is 39.2 Å².